The molecule has 2 heterocycles. The topological polar surface area (TPSA) is 42.7 Å². The summed E-state index contributed by atoms with van der Waals surface area (Å²) in [6, 6.07) is 5.74. The first-order chi connectivity index (χ1) is 8.81. The molecule has 92 valence electrons. The number of nitrogens with zero attached hydrogens (tertiary/aromatic N) is 3. The third-order valence-electron chi connectivity index (χ3n) is 2.56. The Labute approximate surface area is 113 Å². The first-order valence-electron chi connectivity index (χ1n) is 5.57. The zero-order valence-corrected chi connectivity index (χ0v) is 11.1. The van der Waals surface area contributed by atoms with Crippen LogP contribution in [0.25, 0.3) is 10.2 Å². The minimum Gasteiger partial charge on any atom is -0.360 e. The van der Waals surface area contributed by atoms with Crippen LogP contribution in [0.2, 0.25) is 5.02 Å². The molecular weight excluding hydrogens is 268 g/mol. The molecule has 0 saturated heterocycles. The molecule has 0 saturated carbocycles. The van der Waals surface area contributed by atoms with Gasteiger partial charge in [-0.2, -0.15) is 0 Å². The molecule has 0 atom stereocenters. The summed E-state index contributed by atoms with van der Waals surface area (Å²) in [4.78, 5) is 8.50. The summed E-state index contributed by atoms with van der Waals surface area (Å²) in [5.74, 6) is 0. The van der Waals surface area contributed by atoms with Crippen molar-refractivity contribution < 1.29 is 0 Å². The summed E-state index contributed by atoms with van der Waals surface area (Å²) in [5, 5.41) is 4.98. The molecule has 3 aromatic rings. The second-order valence-corrected chi connectivity index (χ2v) is 5.33. The van der Waals surface area contributed by atoms with E-state index in [4.69, 9.17) is 11.6 Å². The van der Waals surface area contributed by atoms with Crippen LogP contribution >= 0.6 is 22.9 Å². The maximum absolute atomic E-state index is 5.95. The summed E-state index contributed by atoms with van der Waals surface area (Å²) in [5.41, 5.74) is 0.981. The summed E-state index contributed by atoms with van der Waals surface area (Å²) >= 11 is 7.57. The fourth-order valence-electron chi connectivity index (χ4n) is 1.69. The number of rotatable bonds is 4. The van der Waals surface area contributed by atoms with E-state index in [0.717, 1.165) is 33.5 Å². The third kappa shape index (κ3) is 2.47. The number of nitrogens with one attached hydrogen (secondary N) is 1. The fourth-order valence-corrected chi connectivity index (χ4v) is 2.85. The van der Waals surface area contributed by atoms with Gasteiger partial charge in [0.1, 0.15) is 0 Å². The molecule has 1 N–H and O–H groups in total. The maximum Gasteiger partial charge on any atom is 0.183 e. The first-order valence-corrected chi connectivity index (χ1v) is 6.76. The second-order valence-electron chi connectivity index (χ2n) is 3.86. The molecule has 2 aromatic heterocycles. The van der Waals surface area contributed by atoms with Crippen LogP contribution in [0.15, 0.2) is 36.9 Å². The highest BCUT2D eigenvalue weighted by molar-refractivity contribution is 7.22. The van der Waals surface area contributed by atoms with Crippen LogP contribution in [0, 0.1) is 0 Å². The van der Waals surface area contributed by atoms with Gasteiger partial charge in [-0.15, -0.1) is 0 Å². The van der Waals surface area contributed by atoms with E-state index in [0.29, 0.717) is 0 Å². The number of hydrogen-bond donors (Lipinski definition) is 1. The van der Waals surface area contributed by atoms with Gasteiger partial charge in [-0.3, -0.25) is 0 Å². The number of imidazole rings is 1. The molecule has 0 aliphatic rings. The van der Waals surface area contributed by atoms with Gasteiger partial charge in [-0.1, -0.05) is 22.9 Å². The van der Waals surface area contributed by atoms with Crippen LogP contribution in [-0.4, -0.2) is 21.1 Å². The second kappa shape index (κ2) is 4.96. The molecule has 0 aliphatic heterocycles. The Hall–Kier alpha value is -1.59. The predicted octanol–water partition coefficient (Wildman–Crippen LogP) is 3.26. The highest BCUT2D eigenvalue weighted by Crippen LogP contribution is 2.28. The van der Waals surface area contributed by atoms with Crippen molar-refractivity contribution in [2.24, 2.45) is 0 Å². The highest BCUT2D eigenvalue weighted by atomic mass is 35.5. The van der Waals surface area contributed by atoms with E-state index in [-0.39, 0.29) is 0 Å². The maximum atomic E-state index is 5.95. The molecule has 1 aromatic carbocycles. The normalized spacial score (nSPS) is 10.9. The van der Waals surface area contributed by atoms with Crippen molar-refractivity contribution in [1.29, 1.82) is 0 Å². The lowest BCUT2D eigenvalue weighted by Crippen LogP contribution is -2.08. The molecule has 0 bridgehead atoms. The van der Waals surface area contributed by atoms with Gasteiger partial charge in [0.05, 0.1) is 16.5 Å². The van der Waals surface area contributed by atoms with Gasteiger partial charge in [0.25, 0.3) is 0 Å². The van der Waals surface area contributed by atoms with Gasteiger partial charge in [-0.05, 0) is 18.2 Å². The van der Waals surface area contributed by atoms with Crippen molar-refractivity contribution >= 4 is 38.3 Å². The van der Waals surface area contributed by atoms with E-state index in [1.165, 1.54) is 0 Å². The Bertz CT molecular complexity index is 647. The third-order valence-corrected chi connectivity index (χ3v) is 3.77. The minimum atomic E-state index is 0.746. The van der Waals surface area contributed by atoms with Crippen molar-refractivity contribution in [1.82, 2.24) is 14.5 Å². The molecule has 6 heteroatoms. The van der Waals surface area contributed by atoms with Gasteiger partial charge < -0.3 is 9.88 Å². The lowest BCUT2D eigenvalue weighted by Gasteiger charge is -2.02. The van der Waals surface area contributed by atoms with E-state index in [2.05, 4.69) is 15.3 Å². The smallest absolute Gasteiger partial charge is 0.183 e. The number of fused-ring (bicyclic) bond motifs is 1. The van der Waals surface area contributed by atoms with Crippen molar-refractivity contribution in [2.45, 2.75) is 6.54 Å². The van der Waals surface area contributed by atoms with Crippen molar-refractivity contribution in [3.05, 3.63) is 41.9 Å². The van der Waals surface area contributed by atoms with E-state index < -0.39 is 0 Å². The average Bonchev–Trinajstić information content (AvgIpc) is 2.97. The van der Waals surface area contributed by atoms with Gasteiger partial charge in [-0.25, -0.2) is 9.97 Å². The molecule has 0 amide bonds. The average molecular weight is 279 g/mol. The highest BCUT2D eigenvalue weighted by Gasteiger charge is 2.03. The van der Waals surface area contributed by atoms with Crippen LogP contribution in [0.3, 0.4) is 0 Å². The molecular formula is C12H11ClN4S. The number of thiazole rings is 1. The Morgan fingerprint density at radius 3 is 3.17 bits per heavy atom. The van der Waals surface area contributed by atoms with Crippen LogP contribution in [0.4, 0.5) is 5.13 Å². The van der Waals surface area contributed by atoms with Gasteiger partial charge in [0.15, 0.2) is 5.13 Å². The Morgan fingerprint density at radius 1 is 1.39 bits per heavy atom. The summed E-state index contributed by atoms with van der Waals surface area (Å²) in [7, 11) is 0. The quantitative estimate of drug-likeness (QED) is 0.796. The first kappa shape index (κ1) is 11.5. The SMILES string of the molecule is Clc1ccc2nc(NCCn3ccnc3)sc2c1. The summed E-state index contributed by atoms with van der Waals surface area (Å²) in [6.07, 6.45) is 5.53. The molecule has 0 aliphatic carbocycles. The largest absolute Gasteiger partial charge is 0.360 e. The number of aromatic nitrogens is 3. The van der Waals surface area contributed by atoms with Crippen molar-refractivity contribution in [3.63, 3.8) is 0 Å². The number of benzene rings is 1. The Kier molecular flexibility index (Phi) is 3.17. The van der Waals surface area contributed by atoms with E-state index in [1.54, 1.807) is 23.9 Å². The van der Waals surface area contributed by atoms with Crippen LogP contribution in [-0.2, 0) is 6.54 Å². The fraction of sp³-hybridized carbons (Fsp3) is 0.167. The van der Waals surface area contributed by atoms with E-state index in [1.807, 2.05) is 29.0 Å². The number of halogens is 1. The van der Waals surface area contributed by atoms with Crippen LogP contribution < -0.4 is 5.32 Å². The zero-order chi connectivity index (χ0) is 12.4. The molecule has 4 nitrogen and oxygen atoms in total. The lowest BCUT2D eigenvalue weighted by atomic mass is 10.3. The minimum absolute atomic E-state index is 0.746. The Morgan fingerprint density at radius 2 is 2.33 bits per heavy atom. The number of anilines is 1. The zero-order valence-electron chi connectivity index (χ0n) is 9.51. The molecule has 0 spiro atoms. The standard InChI is InChI=1S/C12H11ClN4S/c13-9-1-2-10-11(7-9)18-12(16-10)15-4-6-17-5-3-14-8-17/h1-3,5,7-8H,4,6H2,(H,15,16). The van der Waals surface area contributed by atoms with Crippen LogP contribution in [0.5, 0.6) is 0 Å². The Balaban J connectivity index is 1.67. The van der Waals surface area contributed by atoms with Crippen molar-refractivity contribution in [3.8, 4) is 0 Å². The molecule has 18 heavy (non-hydrogen) atoms. The lowest BCUT2D eigenvalue weighted by molar-refractivity contribution is 0.726. The van der Waals surface area contributed by atoms with Crippen LogP contribution in [0.1, 0.15) is 0 Å². The number of hydrogen-bond acceptors (Lipinski definition) is 4. The molecule has 0 radical (unpaired) electrons. The van der Waals surface area contributed by atoms with Gasteiger partial charge in [0, 0.05) is 30.5 Å². The van der Waals surface area contributed by atoms with E-state index >= 15 is 0 Å². The van der Waals surface area contributed by atoms with Gasteiger partial charge >= 0.3 is 0 Å². The summed E-state index contributed by atoms with van der Waals surface area (Å²) < 4.78 is 3.13. The molecule has 3 rings (SSSR count). The van der Waals surface area contributed by atoms with Gasteiger partial charge in [0.2, 0.25) is 0 Å². The summed E-state index contributed by atoms with van der Waals surface area (Å²) in [6.45, 7) is 1.70. The van der Waals surface area contributed by atoms with Crippen molar-refractivity contribution in [2.75, 3.05) is 11.9 Å². The van der Waals surface area contributed by atoms with E-state index in [9.17, 15) is 0 Å². The monoisotopic (exact) mass is 278 g/mol. The molecule has 0 unspecified atom stereocenters. The molecule has 0 fully saturated rings. The predicted molar refractivity (Wildman–Crippen MR) is 75.3 cm³/mol.